The fourth-order valence-electron chi connectivity index (χ4n) is 1.54. The van der Waals surface area contributed by atoms with Crippen LogP contribution < -0.4 is 5.32 Å². The molecule has 3 nitrogen and oxygen atoms in total. The van der Waals surface area contributed by atoms with Crippen LogP contribution >= 0.6 is 0 Å². The summed E-state index contributed by atoms with van der Waals surface area (Å²) in [7, 11) is 0. The van der Waals surface area contributed by atoms with E-state index in [0.717, 1.165) is 29.9 Å². The van der Waals surface area contributed by atoms with E-state index in [0.29, 0.717) is 6.42 Å². The molecule has 1 N–H and O–H groups in total. The number of carbonyl (C=O) groups excluding carboxylic acids is 1. The molecule has 0 spiro atoms. The third-order valence-corrected chi connectivity index (χ3v) is 2.24. The average molecular weight is 176 g/mol. The average Bonchev–Trinajstić information content (AvgIpc) is 2.29. The lowest BCUT2D eigenvalue weighted by Gasteiger charge is -2.05. The second kappa shape index (κ2) is 3.17. The second-order valence-corrected chi connectivity index (χ2v) is 3.32. The van der Waals surface area contributed by atoms with Crippen LogP contribution in [0.2, 0.25) is 0 Å². The number of hydrogen-bond donors (Lipinski definition) is 1. The molecule has 13 heavy (non-hydrogen) atoms. The number of hydrogen-bond acceptors (Lipinski definition) is 3. The molecule has 1 aromatic heterocycles. The van der Waals surface area contributed by atoms with Crippen LogP contribution in [0.15, 0.2) is 12.3 Å². The van der Waals surface area contributed by atoms with Gasteiger partial charge in [0.05, 0.1) is 11.9 Å². The smallest absolute Gasteiger partial charge is 0.165 e. The molecule has 0 saturated carbocycles. The van der Waals surface area contributed by atoms with Crippen molar-refractivity contribution in [2.75, 3.05) is 11.9 Å². The minimum absolute atomic E-state index is 0.227. The lowest BCUT2D eigenvalue weighted by Crippen LogP contribution is -2.02. The van der Waals surface area contributed by atoms with Crippen molar-refractivity contribution in [3.05, 3.63) is 23.5 Å². The topological polar surface area (TPSA) is 42.0 Å². The first-order valence-corrected chi connectivity index (χ1v) is 4.51. The SMILES string of the molecule is Cc1cc2c(cn1)NCCCC2=O. The molecule has 2 heterocycles. The predicted octanol–water partition coefficient (Wildman–Crippen LogP) is 1.78. The van der Waals surface area contributed by atoms with E-state index < -0.39 is 0 Å². The molecule has 1 aliphatic rings. The summed E-state index contributed by atoms with van der Waals surface area (Å²) in [5.41, 5.74) is 2.58. The van der Waals surface area contributed by atoms with Crippen LogP contribution in [-0.2, 0) is 0 Å². The van der Waals surface area contributed by atoms with Gasteiger partial charge in [-0.25, -0.2) is 0 Å². The summed E-state index contributed by atoms with van der Waals surface area (Å²) < 4.78 is 0. The Morgan fingerprint density at radius 2 is 2.38 bits per heavy atom. The summed E-state index contributed by atoms with van der Waals surface area (Å²) >= 11 is 0. The van der Waals surface area contributed by atoms with Crippen molar-refractivity contribution < 1.29 is 4.79 Å². The molecule has 1 aliphatic heterocycles. The predicted molar refractivity (Wildman–Crippen MR) is 51.0 cm³/mol. The summed E-state index contributed by atoms with van der Waals surface area (Å²) in [5.74, 6) is 0.227. The molecular weight excluding hydrogens is 164 g/mol. The Balaban J connectivity index is 2.49. The molecule has 0 aliphatic carbocycles. The number of rotatable bonds is 0. The minimum atomic E-state index is 0.227. The maximum atomic E-state index is 11.6. The number of nitrogens with one attached hydrogen (secondary N) is 1. The molecular formula is C10H12N2O. The Labute approximate surface area is 77.2 Å². The molecule has 0 unspecified atom stereocenters. The van der Waals surface area contributed by atoms with Gasteiger partial charge in [-0.2, -0.15) is 0 Å². The van der Waals surface area contributed by atoms with Gasteiger partial charge in [0.1, 0.15) is 0 Å². The monoisotopic (exact) mass is 176 g/mol. The molecule has 0 aromatic carbocycles. The Hall–Kier alpha value is -1.38. The van der Waals surface area contributed by atoms with Gasteiger partial charge in [0, 0.05) is 24.2 Å². The van der Waals surface area contributed by atoms with Crippen LogP contribution in [0.3, 0.4) is 0 Å². The maximum absolute atomic E-state index is 11.6. The largest absolute Gasteiger partial charge is 0.383 e. The van der Waals surface area contributed by atoms with Gasteiger partial charge in [-0.15, -0.1) is 0 Å². The van der Waals surface area contributed by atoms with Gasteiger partial charge in [0.15, 0.2) is 5.78 Å². The molecule has 0 radical (unpaired) electrons. The number of carbonyl (C=O) groups is 1. The second-order valence-electron chi connectivity index (χ2n) is 3.32. The van der Waals surface area contributed by atoms with E-state index in [1.165, 1.54) is 0 Å². The summed E-state index contributed by atoms with van der Waals surface area (Å²) in [6, 6.07) is 1.86. The van der Waals surface area contributed by atoms with Gasteiger partial charge >= 0.3 is 0 Å². The van der Waals surface area contributed by atoms with E-state index in [1.54, 1.807) is 6.20 Å². The van der Waals surface area contributed by atoms with Gasteiger partial charge in [0.25, 0.3) is 0 Å². The van der Waals surface area contributed by atoms with Crippen molar-refractivity contribution in [1.29, 1.82) is 0 Å². The van der Waals surface area contributed by atoms with Crippen molar-refractivity contribution >= 4 is 11.5 Å². The molecule has 1 aromatic rings. The zero-order valence-electron chi connectivity index (χ0n) is 7.63. The molecule has 68 valence electrons. The number of fused-ring (bicyclic) bond motifs is 1. The van der Waals surface area contributed by atoms with Crippen LogP contribution in [0.1, 0.15) is 28.9 Å². The Morgan fingerprint density at radius 3 is 3.23 bits per heavy atom. The molecule has 0 fully saturated rings. The van der Waals surface area contributed by atoms with Gasteiger partial charge in [-0.05, 0) is 19.4 Å². The Bertz CT molecular complexity index is 347. The number of pyridine rings is 1. The van der Waals surface area contributed by atoms with E-state index in [9.17, 15) is 4.79 Å². The third-order valence-electron chi connectivity index (χ3n) is 2.24. The van der Waals surface area contributed by atoms with Crippen molar-refractivity contribution in [1.82, 2.24) is 4.98 Å². The number of nitrogens with zero attached hydrogens (tertiary/aromatic N) is 1. The first-order chi connectivity index (χ1) is 6.27. The van der Waals surface area contributed by atoms with Gasteiger partial charge in [0.2, 0.25) is 0 Å². The normalized spacial score (nSPS) is 15.9. The van der Waals surface area contributed by atoms with E-state index in [4.69, 9.17) is 0 Å². The molecule has 0 amide bonds. The lowest BCUT2D eigenvalue weighted by molar-refractivity contribution is 0.0983. The van der Waals surface area contributed by atoms with E-state index in [2.05, 4.69) is 10.3 Å². The Morgan fingerprint density at radius 1 is 1.54 bits per heavy atom. The Kier molecular flexibility index (Phi) is 2.00. The van der Waals surface area contributed by atoms with Crippen LogP contribution in [-0.4, -0.2) is 17.3 Å². The molecule has 0 bridgehead atoms. The van der Waals surface area contributed by atoms with E-state index in [-0.39, 0.29) is 5.78 Å². The van der Waals surface area contributed by atoms with Crippen LogP contribution in [0, 0.1) is 6.92 Å². The van der Waals surface area contributed by atoms with Crippen molar-refractivity contribution in [2.45, 2.75) is 19.8 Å². The summed E-state index contributed by atoms with van der Waals surface area (Å²) in [5, 5.41) is 3.20. The summed E-state index contributed by atoms with van der Waals surface area (Å²) in [6.07, 6.45) is 3.30. The minimum Gasteiger partial charge on any atom is -0.383 e. The van der Waals surface area contributed by atoms with Gasteiger partial charge < -0.3 is 5.32 Å². The fraction of sp³-hybridized carbons (Fsp3) is 0.400. The summed E-state index contributed by atoms with van der Waals surface area (Å²) in [6.45, 7) is 2.77. The lowest BCUT2D eigenvalue weighted by atomic mass is 10.1. The van der Waals surface area contributed by atoms with Crippen molar-refractivity contribution in [3.8, 4) is 0 Å². The quantitative estimate of drug-likeness (QED) is 0.655. The third kappa shape index (κ3) is 1.54. The van der Waals surface area contributed by atoms with Crippen molar-refractivity contribution in [3.63, 3.8) is 0 Å². The maximum Gasteiger partial charge on any atom is 0.165 e. The molecule has 0 atom stereocenters. The zero-order chi connectivity index (χ0) is 9.26. The number of aryl methyl sites for hydroxylation is 1. The highest BCUT2D eigenvalue weighted by Crippen LogP contribution is 2.20. The van der Waals surface area contributed by atoms with Gasteiger partial charge in [-0.3, -0.25) is 9.78 Å². The van der Waals surface area contributed by atoms with E-state index in [1.807, 2.05) is 13.0 Å². The fourth-order valence-corrected chi connectivity index (χ4v) is 1.54. The van der Waals surface area contributed by atoms with Crippen molar-refractivity contribution in [2.24, 2.45) is 0 Å². The molecule has 0 saturated heterocycles. The van der Waals surface area contributed by atoms with E-state index >= 15 is 0 Å². The highest BCUT2D eigenvalue weighted by atomic mass is 16.1. The number of Topliss-reactive ketones (excluding diaryl/α,β-unsaturated/α-hetero) is 1. The number of anilines is 1. The number of ketones is 1. The van der Waals surface area contributed by atoms with Crippen LogP contribution in [0.25, 0.3) is 0 Å². The summed E-state index contributed by atoms with van der Waals surface area (Å²) in [4.78, 5) is 15.7. The standard InChI is InChI=1S/C10H12N2O/c1-7-5-8-9(6-12-7)11-4-2-3-10(8)13/h5-6,11H,2-4H2,1H3. The highest BCUT2D eigenvalue weighted by Gasteiger charge is 2.14. The van der Waals surface area contributed by atoms with Crippen LogP contribution in [0.5, 0.6) is 0 Å². The molecule has 2 rings (SSSR count). The number of aromatic nitrogens is 1. The molecule has 3 heteroatoms. The van der Waals surface area contributed by atoms with Gasteiger partial charge in [-0.1, -0.05) is 0 Å². The highest BCUT2D eigenvalue weighted by molar-refractivity contribution is 6.01. The zero-order valence-corrected chi connectivity index (χ0v) is 7.63. The first-order valence-electron chi connectivity index (χ1n) is 4.51. The first kappa shape index (κ1) is 8.23. The van der Waals surface area contributed by atoms with Crippen LogP contribution in [0.4, 0.5) is 5.69 Å².